The molecule has 1 heterocycles. The first kappa shape index (κ1) is 23.4. The Morgan fingerprint density at radius 1 is 0.912 bits per heavy atom. The lowest BCUT2D eigenvalue weighted by atomic mass is 9.72. The Bertz CT molecular complexity index is 1360. The number of aromatic nitrogens is 1. The Balaban J connectivity index is 1.76. The van der Waals surface area contributed by atoms with Crippen LogP contribution in [-0.2, 0) is 0 Å². The minimum atomic E-state index is -0.299. The van der Waals surface area contributed by atoms with E-state index < -0.39 is 0 Å². The summed E-state index contributed by atoms with van der Waals surface area (Å²) >= 11 is 13.2. The third-order valence-electron chi connectivity index (χ3n) is 6.39. The lowest BCUT2D eigenvalue weighted by molar-refractivity contribution is 0.0891. The largest absolute Gasteiger partial charge is 0.376 e. The van der Waals surface area contributed by atoms with Crippen molar-refractivity contribution in [3.05, 3.63) is 104 Å². The molecule has 3 nitrogen and oxygen atoms in total. The molecule has 0 aliphatic heterocycles. The monoisotopic (exact) mass is 596 g/mol. The molecule has 0 bridgehead atoms. The summed E-state index contributed by atoms with van der Waals surface area (Å²) < 4.78 is 4.26. The van der Waals surface area contributed by atoms with Gasteiger partial charge in [0.15, 0.2) is 5.78 Å². The summed E-state index contributed by atoms with van der Waals surface area (Å²) in [6.45, 7) is 4.30. The fourth-order valence-electron chi connectivity index (χ4n) is 4.69. The zero-order chi connectivity index (χ0) is 24.0. The van der Waals surface area contributed by atoms with Gasteiger partial charge in [-0.1, -0.05) is 69.4 Å². The minimum Gasteiger partial charge on any atom is -0.376 e. The second-order valence-corrected chi connectivity index (χ2v) is 11.6. The molecule has 1 aliphatic rings. The fraction of sp³-hybridized carbons (Fsp3) is 0.179. The van der Waals surface area contributed by atoms with E-state index in [4.69, 9.17) is 11.6 Å². The number of rotatable bonds is 4. The van der Waals surface area contributed by atoms with Crippen LogP contribution in [0.2, 0.25) is 5.02 Å². The Labute approximate surface area is 221 Å². The van der Waals surface area contributed by atoms with Crippen molar-refractivity contribution in [1.82, 2.24) is 4.57 Å². The van der Waals surface area contributed by atoms with Gasteiger partial charge >= 0.3 is 0 Å². The van der Waals surface area contributed by atoms with E-state index in [0.717, 1.165) is 42.8 Å². The molecule has 172 valence electrons. The summed E-state index contributed by atoms with van der Waals surface area (Å²) in [5, 5.41) is 4.42. The molecule has 1 unspecified atom stereocenters. The quantitative estimate of drug-likeness (QED) is 0.254. The van der Waals surface area contributed by atoms with Gasteiger partial charge in [0.2, 0.25) is 0 Å². The Hall–Kier alpha value is -2.34. The minimum absolute atomic E-state index is 0.0887. The van der Waals surface area contributed by atoms with Gasteiger partial charge in [-0.15, -0.1) is 0 Å². The second kappa shape index (κ2) is 9.03. The van der Waals surface area contributed by atoms with Crippen LogP contribution in [-0.4, -0.2) is 10.4 Å². The van der Waals surface area contributed by atoms with Gasteiger partial charge in [0.1, 0.15) is 0 Å². The van der Waals surface area contributed by atoms with Gasteiger partial charge in [-0.25, -0.2) is 0 Å². The van der Waals surface area contributed by atoms with E-state index >= 15 is 0 Å². The molecule has 0 saturated heterocycles. The van der Waals surface area contributed by atoms with Crippen LogP contribution in [0.1, 0.15) is 42.4 Å². The number of carbonyl (C=O) groups excluding carboxylic acids is 1. The number of carbonyl (C=O) groups is 1. The third kappa shape index (κ3) is 4.37. The van der Waals surface area contributed by atoms with Crippen LogP contribution in [0.5, 0.6) is 0 Å². The normalized spacial score (nSPS) is 16.9. The smallest absolute Gasteiger partial charge is 0.165 e. The average Bonchev–Trinajstić information content (AvgIpc) is 3.19. The number of hydrogen-bond donors (Lipinski definition) is 1. The van der Waals surface area contributed by atoms with Crippen molar-refractivity contribution < 1.29 is 4.79 Å². The van der Waals surface area contributed by atoms with Gasteiger partial charge in [0.05, 0.1) is 17.4 Å². The standard InChI is InChI=1S/C28H23Br2ClN2O/c1-28(2)16-25(34)23-15-24(17-3-5-18(29)6-4-17)33(22-13-7-19(30)8-14-22)26(23)27(28)32-21-11-9-20(31)10-12-21/h3-15,27,32H,16H2,1-2H3. The third-order valence-corrected chi connectivity index (χ3v) is 7.70. The first-order valence-electron chi connectivity index (χ1n) is 11.1. The number of nitrogens with zero attached hydrogens (tertiary/aromatic N) is 1. The molecule has 4 aromatic rings. The number of hydrogen-bond acceptors (Lipinski definition) is 2. The van der Waals surface area contributed by atoms with Crippen LogP contribution in [0.3, 0.4) is 0 Å². The van der Waals surface area contributed by atoms with Gasteiger partial charge in [-0.05, 0) is 77.7 Å². The van der Waals surface area contributed by atoms with Crippen molar-refractivity contribution in [2.24, 2.45) is 5.41 Å². The highest BCUT2D eigenvalue weighted by Gasteiger charge is 2.43. The van der Waals surface area contributed by atoms with Crippen LogP contribution in [0.4, 0.5) is 5.69 Å². The Morgan fingerprint density at radius 3 is 2.12 bits per heavy atom. The van der Waals surface area contributed by atoms with Crippen molar-refractivity contribution in [2.45, 2.75) is 26.3 Å². The summed E-state index contributed by atoms with van der Waals surface area (Å²) in [7, 11) is 0. The lowest BCUT2D eigenvalue weighted by Crippen LogP contribution is -2.37. The highest BCUT2D eigenvalue weighted by Crippen LogP contribution is 2.48. The summed E-state index contributed by atoms with van der Waals surface area (Å²) in [5.74, 6) is 0.170. The van der Waals surface area contributed by atoms with E-state index in [9.17, 15) is 4.79 Å². The van der Waals surface area contributed by atoms with E-state index in [0.29, 0.717) is 11.4 Å². The zero-order valence-corrected chi connectivity index (χ0v) is 22.7. The molecule has 3 aromatic carbocycles. The molecule has 0 fully saturated rings. The molecule has 0 saturated carbocycles. The topological polar surface area (TPSA) is 34.0 Å². The predicted octanol–water partition coefficient (Wildman–Crippen LogP) is 9.09. The van der Waals surface area contributed by atoms with Crippen molar-refractivity contribution in [2.75, 3.05) is 5.32 Å². The highest BCUT2D eigenvalue weighted by atomic mass is 79.9. The maximum Gasteiger partial charge on any atom is 0.165 e. The summed E-state index contributed by atoms with van der Waals surface area (Å²) in [4.78, 5) is 13.4. The fourth-order valence-corrected chi connectivity index (χ4v) is 5.35. The second-order valence-electron chi connectivity index (χ2n) is 9.32. The molecule has 34 heavy (non-hydrogen) atoms. The summed E-state index contributed by atoms with van der Waals surface area (Å²) in [6.07, 6.45) is 0.468. The SMILES string of the molecule is CC1(C)CC(=O)c2cc(-c3ccc(Br)cc3)n(-c3ccc(Br)cc3)c2C1Nc1ccc(Cl)cc1. The average molecular weight is 599 g/mol. The van der Waals surface area contributed by atoms with Crippen LogP contribution >= 0.6 is 43.5 Å². The maximum atomic E-state index is 13.4. The number of fused-ring (bicyclic) bond motifs is 1. The van der Waals surface area contributed by atoms with Crippen molar-refractivity contribution >= 4 is 54.9 Å². The van der Waals surface area contributed by atoms with Gasteiger partial charge in [0.25, 0.3) is 0 Å². The van der Waals surface area contributed by atoms with Crippen molar-refractivity contribution in [3.8, 4) is 16.9 Å². The number of anilines is 1. The van der Waals surface area contributed by atoms with Crippen LogP contribution in [0, 0.1) is 5.41 Å². The van der Waals surface area contributed by atoms with E-state index in [1.54, 1.807) is 0 Å². The van der Waals surface area contributed by atoms with Crippen molar-refractivity contribution in [3.63, 3.8) is 0 Å². The number of Topliss-reactive ketones (excluding diaryl/α,β-unsaturated/α-hetero) is 1. The van der Waals surface area contributed by atoms with E-state index in [1.165, 1.54) is 0 Å². The molecule has 1 aliphatic carbocycles. The van der Waals surface area contributed by atoms with E-state index in [1.807, 2.05) is 48.5 Å². The molecular weight excluding hydrogens is 576 g/mol. The molecule has 1 N–H and O–H groups in total. The highest BCUT2D eigenvalue weighted by molar-refractivity contribution is 9.10. The predicted molar refractivity (Wildman–Crippen MR) is 147 cm³/mol. The number of benzene rings is 3. The van der Waals surface area contributed by atoms with E-state index in [2.05, 4.69) is 85.9 Å². The first-order valence-corrected chi connectivity index (χ1v) is 13.0. The molecule has 5 rings (SSSR count). The van der Waals surface area contributed by atoms with Crippen LogP contribution in [0.25, 0.3) is 16.9 Å². The first-order chi connectivity index (χ1) is 16.2. The molecule has 1 aromatic heterocycles. The van der Waals surface area contributed by atoms with Crippen LogP contribution in [0.15, 0.2) is 87.8 Å². The maximum absolute atomic E-state index is 13.4. The van der Waals surface area contributed by atoms with Gasteiger partial charge in [-0.3, -0.25) is 4.79 Å². The molecule has 6 heteroatoms. The summed E-state index contributed by atoms with van der Waals surface area (Å²) in [5.41, 5.74) is 5.48. The molecule has 0 spiro atoms. The van der Waals surface area contributed by atoms with Gasteiger partial charge in [-0.2, -0.15) is 0 Å². The van der Waals surface area contributed by atoms with E-state index in [-0.39, 0.29) is 17.2 Å². The molecule has 1 atom stereocenters. The van der Waals surface area contributed by atoms with Crippen LogP contribution < -0.4 is 5.32 Å². The molecule has 0 amide bonds. The number of ketones is 1. The lowest BCUT2D eigenvalue weighted by Gasteiger charge is -2.40. The zero-order valence-electron chi connectivity index (χ0n) is 18.8. The Morgan fingerprint density at radius 2 is 1.50 bits per heavy atom. The molecular formula is C28H23Br2ClN2O. The van der Waals surface area contributed by atoms with Gasteiger partial charge < -0.3 is 9.88 Å². The van der Waals surface area contributed by atoms with Crippen molar-refractivity contribution in [1.29, 1.82) is 0 Å². The molecule has 0 radical (unpaired) electrons. The number of nitrogens with one attached hydrogen (secondary N) is 1. The number of halogens is 3. The summed E-state index contributed by atoms with van der Waals surface area (Å²) in [6, 6.07) is 26.1. The Kier molecular flexibility index (Phi) is 6.21. The van der Waals surface area contributed by atoms with Gasteiger partial charge in [0, 0.05) is 37.3 Å².